The van der Waals surface area contributed by atoms with Gasteiger partial charge in [-0.2, -0.15) is 8.42 Å². The molecule has 1 aromatic rings. The molecule has 0 aliphatic heterocycles. The Kier molecular flexibility index (Phi) is 10.7. The van der Waals surface area contributed by atoms with Crippen molar-refractivity contribution in [2.45, 2.75) is 64.7 Å². The van der Waals surface area contributed by atoms with Crippen molar-refractivity contribution in [2.75, 3.05) is 13.2 Å². The van der Waals surface area contributed by atoms with E-state index in [1.54, 1.807) is 0 Å². The maximum Gasteiger partial charge on any atom is 0.397 e. The summed E-state index contributed by atoms with van der Waals surface area (Å²) in [7, 11) is -4.35. The van der Waals surface area contributed by atoms with Gasteiger partial charge in [-0.25, -0.2) is 4.18 Å². The summed E-state index contributed by atoms with van der Waals surface area (Å²) < 4.78 is 38.9. The summed E-state index contributed by atoms with van der Waals surface area (Å²) in [5, 5.41) is 0. The number of hydrogen-bond acceptors (Lipinski definition) is 4. The summed E-state index contributed by atoms with van der Waals surface area (Å²) in [6.45, 7) is 2.49. The SMILES string of the molecule is CCCCCCCCCc1ccc(OCCCOS(=O)(=O)O)cc1. The van der Waals surface area contributed by atoms with Crippen molar-refractivity contribution >= 4 is 10.4 Å². The molecule has 0 heterocycles. The van der Waals surface area contributed by atoms with Gasteiger partial charge in [-0.05, 0) is 30.5 Å². The molecule has 0 unspecified atom stereocenters. The molecule has 0 aliphatic carbocycles. The molecule has 0 spiro atoms. The Morgan fingerprint density at radius 3 is 2.12 bits per heavy atom. The van der Waals surface area contributed by atoms with E-state index in [1.165, 1.54) is 50.5 Å². The van der Waals surface area contributed by atoms with Crippen molar-refractivity contribution in [2.24, 2.45) is 0 Å². The maximum atomic E-state index is 10.4. The highest BCUT2D eigenvalue weighted by Gasteiger charge is 2.03. The summed E-state index contributed by atoms with van der Waals surface area (Å²) in [6.07, 6.45) is 10.7. The fourth-order valence-corrected chi connectivity index (χ4v) is 2.78. The molecule has 138 valence electrons. The number of hydrogen-bond donors (Lipinski definition) is 1. The third kappa shape index (κ3) is 11.4. The van der Waals surface area contributed by atoms with Crippen LogP contribution in [0.25, 0.3) is 0 Å². The zero-order chi connectivity index (χ0) is 17.7. The molecule has 5 nitrogen and oxygen atoms in total. The van der Waals surface area contributed by atoms with Crippen LogP contribution in [0.5, 0.6) is 5.75 Å². The normalized spacial score (nSPS) is 11.6. The van der Waals surface area contributed by atoms with Crippen LogP contribution in [0, 0.1) is 0 Å². The van der Waals surface area contributed by atoms with Crippen molar-refractivity contribution < 1.29 is 21.9 Å². The molecular formula is C18H30O5S. The molecule has 1 N–H and O–H groups in total. The van der Waals surface area contributed by atoms with Gasteiger partial charge in [0, 0.05) is 6.42 Å². The minimum Gasteiger partial charge on any atom is -0.494 e. The number of benzene rings is 1. The molecular weight excluding hydrogens is 328 g/mol. The summed E-state index contributed by atoms with van der Waals surface area (Å²) >= 11 is 0. The van der Waals surface area contributed by atoms with Crippen LogP contribution in [-0.4, -0.2) is 26.2 Å². The van der Waals surface area contributed by atoms with Gasteiger partial charge in [0.05, 0.1) is 13.2 Å². The van der Waals surface area contributed by atoms with Crippen molar-refractivity contribution in [3.05, 3.63) is 29.8 Å². The first-order valence-corrected chi connectivity index (χ1v) is 10.2. The molecule has 1 rings (SSSR count). The highest BCUT2D eigenvalue weighted by Crippen LogP contribution is 2.15. The van der Waals surface area contributed by atoms with Crippen LogP contribution in [-0.2, 0) is 21.0 Å². The van der Waals surface area contributed by atoms with Crippen LogP contribution in [0.4, 0.5) is 0 Å². The van der Waals surface area contributed by atoms with Crippen molar-refractivity contribution in [3.8, 4) is 5.75 Å². The third-order valence-electron chi connectivity index (χ3n) is 3.78. The summed E-state index contributed by atoms with van der Waals surface area (Å²) in [4.78, 5) is 0. The number of aryl methyl sites for hydroxylation is 1. The molecule has 0 saturated heterocycles. The summed E-state index contributed by atoms with van der Waals surface area (Å²) in [5.74, 6) is 0.755. The van der Waals surface area contributed by atoms with Crippen LogP contribution < -0.4 is 4.74 Å². The lowest BCUT2D eigenvalue weighted by Gasteiger charge is -2.07. The van der Waals surface area contributed by atoms with Crippen LogP contribution in [0.15, 0.2) is 24.3 Å². The van der Waals surface area contributed by atoms with E-state index in [2.05, 4.69) is 23.2 Å². The maximum absolute atomic E-state index is 10.4. The Morgan fingerprint density at radius 1 is 0.875 bits per heavy atom. The molecule has 0 fully saturated rings. The van der Waals surface area contributed by atoms with E-state index < -0.39 is 10.4 Å². The Morgan fingerprint density at radius 2 is 1.50 bits per heavy atom. The van der Waals surface area contributed by atoms with Gasteiger partial charge in [-0.1, -0.05) is 57.6 Å². The quantitative estimate of drug-likeness (QED) is 0.389. The molecule has 0 aliphatic rings. The van der Waals surface area contributed by atoms with Gasteiger partial charge in [-0.3, -0.25) is 4.55 Å². The number of ether oxygens (including phenoxy) is 1. The summed E-state index contributed by atoms with van der Waals surface area (Å²) in [6, 6.07) is 8.00. The van der Waals surface area contributed by atoms with E-state index in [4.69, 9.17) is 9.29 Å². The zero-order valence-corrected chi connectivity index (χ0v) is 15.4. The number of unbranched alkanes of at least 4 members (excludes halogenated alkanes) is 6. The lowest BCUT2D eigenvalue weighted by atomic mass is 10.0. The van der Waals surface area contributed by atoms with E-state index >= 15 is 0 Å². The molecule has 24 heavy (non-hydrogen) atoms. The Hall–Kier alpha value is -1.11. The lowest BCUT2D eigenvalue weighted by molar-refractivity contribution is 0.229. The molecule has 0 saturated carbocycles. The Bertz CT molecular complexity index is 525. The fourth-order valence-electron chi connectivity index (χ4n) is 2.45. The highest BCUT2D eigenvalue weighted by atomic mass is 32.3. The molecule has 0 bridgehead atoms. The average Bonchev–Trinajstić information content (AvgIpc) is 2.54. The predicted octanol–water partition coefficient (Wildman–Crippen LogP) is 4.57. The standard InChI is InChI=1S/C18H30O5S/c1-2-3-4-5-6-7-8-10-17-11-13-18(14-12-17)22-15-9-16-23-24(19,20)21/h11-14H,2-10,15-16H2,1H3,(H,19,20,21). The molecule has 6 heteroatoms. The molecule has 0 radical (unpaired) electrons. The van der Waals surface area contributed by atoms with Gasteiger partial charge in [0.2, 0.25) is 0 Å². The first-order chi connectivity index (χ1) is 11.5. The van der Waals surface area contributed by atoms with Gasteiger partial charge < -0.3 is 4.74 Å². The Labute approximate surface area is 146 Å². The van der Waals surface area contributed by atoms with Gasteiger partial charge >= 0.3 is 10.4 Å². The van der Waals surface area contributed by atoms with Gasteiger partial charge in [0.25, 0.3) is 0 Å². The van der Waals surface area contributed by atoms with E-state index in [1.807, 2.05) is 12.1 Å². The predicted molar refractivity (Wildman–Crippen MR) is 95.8 cm³/mol. The van der Waals surface area contributed by atoms with E-state index in [-0.39, 0.29) is 6.61 Å². The average molecular weight is 358 g/mol. The molecule has 0 amide bonds. The van der Waals surface area contributed by atoms with Crippen molar-refractivity contribution in [1.29, 1.82) is 0 Å². The summed E-state index contributed by atoms with van der Waals surface area (Å²) in [5.41, 5.74) is 1.31. The van der Waals surface area contributed by atoms with Crippen LogP contribution >= 0.6 is 0 Å². The largest absolute Gasteiger partial charge is 0.494 e. The first kappa shape index (κ1) is 20.9. The van der Waals surface area contributed by atoms with E-state index in [0.717, 1.165) is 12.2 Å². The first-order valence-electron chi connectivity index (χ1n) is 8.85. The smallest absolute Gasteiger partial charge is 0.397 e. The zero-order valence-electron chi connectivity index (χ0n) is 14.6. The van der Waals surface area contributed by atoms with Crippen LogP contribution in [0.1, 0.15) is 63.9 Å². The number of rotatable bonds is 14. The Balaban J connectivity index is 2.10. The molecule has 0 atom stereocenters. The fraction of sp³-hybridized carbons (Fsp3) is 0.667. The highest BCUT2D eigenvalue weighted by molar-refractivity contribution is 7.80. The van der Waals surface area contributed by atoms with Crippen LogP contribution in [0.3, 0.4) is 0 Å². The third-order valence-corrected chi connectivity index (χ3v) is 4.25. The lowest BCUT2D eigenvalue weighted by Crippen LogP contribution is -2.08. The van der Waals surface area contributed by atoms with Crippen LogP contribution in [0.2, 0.25) is 0 Å². The molecule has 1 aromatic carbocycles. The van der Waals surface area contributed by atoms with Crippen molar-refractivity contribution in [3.63, 3.8) is 0 Å². The second kappa shape index (κ2) is 12.3. The molecule has 0 aromatic heterocycles. The van der Waals surface area contributed by atoms with Crippen molar-refractivity contribution in [1.82, 2.24) is 0 Å². The monoisotopic (exact) mass is 358 g/mol. The minimum absolute atomic E-state index is 0.0881. The second-order valence-corrected chi connectivity index (χ2v) is 7.06. The minimum atomic E-state index is -4.35. The van der Waals surface area contributed by atoms with Gasteiger partial charge in [0.15, 0.2) is 0 Å². The topological polar surface area (TPSA) is 72.8 Å². The van der Waals surface area contributed by atoms with Gasteiger partial charge in [-0.15, -0.1) is 0 Å². The van der Waals surface area contributed by atoms with Gasteiger partial charge in [0.1, 0.15) is 5.75 Å². The van der Waals surface area contributed by atoms with E-state index in [9.17, 15) is 8.42 Å². The second-order valence-electron chi connectivity index (χ2n) is 5.97. The van der Waals surface area contributed by atoms with E-state index in [0.29, 0.717) is 13.0 Å².